The topological polar surface area (TPSA) is 68.3 Å². The lowest BCUT2D eigenvalue weighted by Gasteiger charge is -2.16. The lowest BCUT2D eigenvalue weighted by atomic mass is 9.89. The molecule has 94 valence electrons. The van der Waals surface area contributed by atoms with Crippen molar-refractivity contribution < 1.29 is 13.7 Å². The van der Waals surface area contributed by atoms with E-state index in [1.807, 2.05) is 0 Å². The second-order valence-corrected chi connectivity index (χ2v) is 4.72. The van der Waals surface area contributed by atoms with Crippen molar-refractivity contribution in [3.8, 4) is 0 Å². The van der Waals surface area contributed by atoms with Crippen LogP contribution in [-0.2, 0) is 12.8 Å². The number of aromatic nitrogens is 1. The number of rotatable bonds is 2. The molecule has 0 aromatic carbocycles. The van der Waals surface area contributed by atoms with E-state index in [0.717, 1.165) is 30.5 Å². The SMILES string of the molecule is CC1CCc2noc(NC(=O)c3ccco3)c2C1. The summed E-state index contributed by atoms with van der Waals surface area (Å²) >= 11 is 0. The van der Waals surface area contributed by atoms with Crippen LogP contribution in [0.2, 0.25) is 0 Å². The van der Waals surface area contributed by atoms with Crippen molar-refractivity contribution in [2.24, 2.45) is 5.92 Å². The number of nitrogens with zero attached hydrogens (tertiary/aromatic N) is 1. The Labute approximate surface area is 104 Å². The van der Waals surface area contributed by atoms with Crippen LogP contribution in [0.3, 0.4) is 0 Å². The number of furan rings is 1. The summed E-state index contributed by atoms with van der Waals surface area (Å²) in [6.45, 7) is 2.19. The van der Waals surface area contributed by atoms with Crippen molar-refractivity contribution in [3.63, 3.8) is 0 Å². The molecule has 1 aliphatic rings. The van der Waals surface area contributed by atoms with Crippen molar-refractivity contribution in [2.75, 3.05) is 5.32 Å². The van der Waals surface area contributed by atoms with Crippen LogP contribution in [0, 0.1) is 5.92 Å². The number of carbonyl (C=O) groups excluding carboxylic acids is 1. The molecular formula is C13H14N2O3. The van der Waals surface area contributed by atoms with Crippen molar-refractivity contribution >= 4 is 11.8 Å². The fraction of sp³-hybridized carbons (Fsp3) is 0.385. The molecule has 1 N–H and O–H groups in total. The molecule has 1 unspecified atom stereocenters. The minimum Gasteiger partial charge on any atom is -0.459 e. The highest BCUT2D eigenvalue weighted by molar-refractivity contribution is 6.01. The van der Waals surface area contributed by atoms with Crippen molar-refractivity contribution in [3.05, 3.63) is 35.4 Å². The first-order valence-electron chi connectivity index (χ1n) is 6.06. The summed E-state index contributed by atoms with van der Waals surface area (Å²) in [4.78, 5) is 11.8. The highest BCUT2D eigenvalue weighted by atomic mass is 16.5. The Morgan fingerprint density at radius 1 is 1.56 bits per heavy atom. The average molecular weight is 246 g/mol. The molecule has 2 aromatic heterocycles. The second-order valence-electron chi connectivity index (χ2n) is 4.72. The van der Waals surface area contributed by atoms with Crippen LogP contribution in [0.15, 0.2) is 27.3 Å². The molecule has 0 saturated carbocycles. The Morgan fingerprint density at radius 2 is 2.44 bits per heavy atom. The summed E-state index contributed by atoms with van der Waals surface area (Å²) in [5.41, 5.74) is 1.98. The predicted octanol–water partition coefficient (Wildman–Crippen LogP) is 2.64. The fourth-order valence-electron chi connectivity index (χ4n) is 2.25. The number of nitrogens with one attached hydrogen (secondary N) is 1. The number of fused-ring (bicyclic) bond motifs is 1. The molecule has 0 bridgehead atoms. The molecule has 1 aliphatic carbocycles. The lowest BCUT2D eigenvalue weighted by Crippen LogP contribution is -2.15. The number of aryl methyl sites for hydroxylation is 1. The van der Waals surface area contributed by atoms with E-state index in [1.54, 1.807) is 12.1 Å². The summed E-state index contributed by atoms with van der Waals surface area (Å²) in [7, 11) is 0. The molecule has 0 fully saturated rings. The van der Waals surface area contributed by atoms with Crippen LogP contribution in [0.1, 0.15) is 35.2 Å². The third-order valence-electron chi connectivity index (χ3n) is 3.27. The third kappa shape index (κ3) is 1.92. The van der Waals surface area contributed by atoms with Crippen molar-refractivity contribution in [1.29, 1.82) is 0 Å². The Hall–Kier alpha value is -2.04. The number of carbonyl (C=O) groups is 1. The van der Waals surface area contributed by atoms with Crippen LogP contribution in [0.25, 0.3) is 0 Å². The molecule has 0 radical (unpaired) electrons. The van der Waals surface area contributed by atoms with Crippen LogP contribution in [0.4, 0.5) is 5.88 Å². The largest absolute Gasteiger partial charge is 0.459 e. The van der Waals surface area contributed by atoms with Gasteiger partial charge in [0.05, 0.1) is 12.0 Å². The minimum atomic E-state index is -0.308. The molecule has 5 heteroatoms. The normalized spacial score (nSPS) is 18.4. The van der Waals surface area contributed by atoms with E-state index in [0.29, 0.717) is 11.8 Å². The first-order chi connectivity index (χ1) is 8.74. The fourth-order valence-corrected chi connectivity index (χ4v) is 2.25. The number of amides is 1. The van der Waals surface area contributed by atoms with Gasteiger partial charge in [-0.2, -0.15) is 0 Å². The van der Waals surface area contributed by atoms with Gasteiger partial charge in [0.1, 0.15) is 0 Å². The van der Waals surface area contributed by atoms with Gasteiger partial charge in [-0.3, -0.25) is 10.1 Å². The quantitative estimate of drug-likeness (QED) is 0.884. The first kappa shape index (κ1) is 11.1. The van der Waals surface area contributed by atoms with E-state index in [4.69, 9.17) is 8.94 Å². The molecular weight excluding hydrogens is 232 g/mol. The van der Waals surface area contributed by atoms with Crippen LogP contribution in [0.5, 0.6) is 0 Å². The number of anilines is 1. The molecule has 5 nitrogen and oxygen atoms in total. The van der Waals surface area contributed by atoms with Gasteiger partial charge in [-0.1, -0.05) is 12.1 Å². The Balaban J connectivity index is 1.82. The molecule has 3 rings (SSSR count). The highest BCUT2D eigenvalue weighted by Gasteiger charge is 2.24. The van der Waals surface area contributed by atoms with Gasteiger partial charge in [-0.25, -0.2) is 0 Å². The molecule has 0 aliphatic heterocycles. The molecule has 0 spiro atoms. The molecule has 0 saturated heterocycles. The highest BCUT2D eigenvalue weighted by Crippen LogP contribution is 2.30. The summed E-state index contributed by atoms with van der Waals surface area (Å²) in [6, 6.07) is 3.29. The molecule has 2 heterocycles. The molecule has 1 amide bonds. The maximum absolute atomic E-state index is 11.8. The Morgan fingerprint density at radius 3 is 3.22 bits per heavy atom. The maximum Gasteiger partial charge on any atom is 0.293 e. The summed E-state index contributed by atoms with van der Waals surface area (Å²) in [5, 5.41) is 6.72. The summed E-state index contributed by atoms with van der Waals surface area (Å²) < 4.78 is 10.2. The van der Waals surface area contributed by atoms with Crippen molar-refractivity contribution in [1.82, 2.24) is 5.16 Å². The van der Waals surface area contributed by atoms with Gasteiger partial charge in [0.15, 0.2) is 5.76 Å². The summed E-state index contributed by atoms with van der Waals surface area (Å²) in [5.74, 6) is 1.01. The minimum absolute atomic E-state index is 0.268. The van der Waals surface area contributed by atoms with E-state index in [9.17, 15) is 4.79 Å². The van der Waals surface area contributed by atoms with Crippen LogP contribution >= 0.6 is 0 Å². The maximum atomic E-state index is 11.8. The van der Waals surface area contributed by atoms with E-state index < -0.39 is 0 Å². The summed E-state index contributed by atoms with van der Waals surface area (Å²) in [6.07, 6.45) is 4.39. The van der Waals surface area contributed by atoms with Gasteiger partial charge in [-0.05, 0) is 37.3 Å². The van der Waals surface area contributed by atoms with E-state index in [2.05, 4.69) is 17.4 Å². The van der Waals surface area contributed by atoms with E-state index >= 15 is 0 Å². The number of hydrogen-bond acceptors (Lipinski definition) is 4. The van der Waals surface area contributed by atoms with Gasteiger partial charge < -0.3 is 8.94 Å². The lowest BCUT2D eigenvalue weighted by molar-refractivity contribution is 0.0993. The smallest absolute Gasteiger partial charge is 0.293 e. The third-order valence-corrected chi connectivity index (χ3v) is 3.27. The second kappa shape index (κ2) is 4.33. The van der Waals surface area contributed by atoms with Gasteiger partial charge in [-0.15, -0.1) is 0 Å². The standard InChI is InChI=1S/C13H14N2O3/c1-8-4-5-10-9(7-8)13(18-15-10)14-12(16)11-3-2-6-17-11/h2-3,6,8H,4-5,7H2,1H3,(H,14,16). The zero-order valence-corrected chi connectivity index (χ0v) is 10.1. The Bertz CT molecular complexity index is 557. The Kier molecular flexibility index (Phi) is 2.66. The number of hydrogen-bond donors (Lipinski definition) is 1. The van der Waals surface area contributed by atoms with Gasteiger partial charge in [0.25, 0.3) is 5.91 Å². The molecule has 18 heavy (non-hydrogen) atoms. The monoisotopic (exact) mass is 246 g/mol. The van der Waals surface area contributed by atoms with E-state index in [-0.39, 0.29) is 11.7 Å². The van der Waals surface area contributed by atoms with Gasteiger partial charge in [0, 0.05) is 5.56 Å². The zero-order valence-electron chi connectivity index (χ0n) is 10.1. The van der Waals surface area contributed by atoms with E-state index in [1.165, 1.54) is 6.26 Å². The van der Waals surface area contributed by atoms with Gasteiger partial charge >= 0.3 is 0 Å². The average Bonchev–Trinajstić information content (AvgIpc) is 2.99. The van der Waals surface area contributed by atoms with Crippen molar-refractivity contribution in [2.45, 2.75) is 26.2 Å². The zero-order chi connectivity index (χ0) is 12.5. The first-order valence-corrected chi connectivity index (χ1v) is 6.06. The predicted molar refractivity (Wildman–Crippen MR) is 64.4 cm³/mol. The van der Waals surface area contributed by atoms with Crippen LogP contribution in [-0.4, -0.2) is 11.1 Å². The van der Waals surface area contributed by atoms with Crippen LogP contribution < -0.4 is 5.32 Å². The van der Waals surface area contributed by atoms with Gasteiger partial charge in [0.2, 0.25) is 5.88 Å². The molecule has 2 aromatic rings. The molecule has 1 atom stereocenters.